The van der Waals surface area contributed by atoms with Crippen molar-refractivity contribution < 1.29 is 9.15 Å². The fraction of sp³-hybridized carbons (Fsp3) is 0.429. The molecule has 0 aliphatic heterocycles. The maximum atomic E-state index is 5.66. The minimum absolute atomic E-state index is 0. The summed E-state index contributed by atoms with van der Waals surface area (Å²) in [5, 5.41) is 7.76. The first kappa shape index (κ1) is 17.8. The second-order valence-electron chi connectivity index (χ2n) is 4.66. The molecular formula is C14H19Cl2N3O2. The van der Waals surface area contributed by atoms with Crippen molar-refractivity contribution in [2.45, 2.75) is 12.3 Å². The highest BCUT2D eigenvalue weighted by Crippen LogP contribution is 2.21. The number of hydrogen-bond acceptors (Lipinski definition) is 5. The summed E-state index contributed by atoms with van der Waals surface area (Å²) in [6, 6.07) is 7.59. The van der Waals surface area contributed by atoms with Gasteiger partial charge in [0, 0.05) is 12.1 Å². The summed E-state index contributed by atoms with van der Waals surface area (Å²) in [5.74, 6) is 1.95. The molecule has 0 bridgehead atoms. The van der Waals surface area contributed by atoms with Crippen LogP contribution in [0.25, 0.3) is 11.5 Å². The molecule has 5 nitrogen and oxygen atoms in total. The van der Waals surface area contributed by atoms with Crippen molar-refractivity contribution in [1.82, 2.24) is 15.1 Å². The summed E-state index contributed by atoms with van der Waals surface area (Å²) in [7, 11) is 4.10. The second kappa shape index (κ2) is 8.87. The molecule has 1 aromatic carbocycles. The highest BCUT2D eigenvalue weighted by atomic mass is 35.5. The zero-order valence-electron chi connectivity index (χ0n) is 12.1. The largest absolute Gasteiger partial charge is 0.494 e. The number of rotatable bonds is 7. The Kier molecular flexibility index (Phi) is 7.50. The van der Waals surface area contributed by atoms with Crippen LogP contribution in [0.4, 0.5) is 0 Å². The summed E-state index contributed by atoms with van der Waals surface area (Å²) in [4.78, 5) is 2.14. The molecule has 0 N–H and O–H groups in total. The predicted molar refractivity (Wildman–Crippen MR) is 85.2 cm³/mol. The topological polar surface area (TPSA) is 51.4 Å². The molecule has 0 unspecified atom stereocenters. The van der Waals surface area contributed by atoms with E-state index in [-0.39, 0.29) is 18.3 Å². The Hall–Kier alpha value is -1.30. The first-order valence-corrected chi connectivity index (χ1v) is 6.99. The highest BCUT2D eigenvalue weighted by molar-refractivity contribution is 6.16. The van der Waals surface area contributed by atoms with Gasteiger partial charge in [0.1, 0.15) is 11.6 Å². The lowest BCUT2D eigenvalue weighted by atomic mass is 10.2. The molecule has 7 heteroatoms. The van der Waals surface area contributed by atoms with Gasteiger partial charge in [0.2, 0.25) is 11.8 Å². The molecule has 1 aromatic heterocycles. The normalized spacial score (nSPS) is 10.5. The van der Waals surface area contributed by atoms with Gasteiger partial charge in [0.05, 0.1) is 6.61 Å². The van der Waals surface area contributed by atoms with Crippen molar-refractivity contribution in [3.63, 3.8) is 0 Å². The van der Waals surface area contributed by atoms with Crippen LogP contribution < -0.4 is 4.74 Å². The lowest BCUT2D eigenvalue weighted by Crippen LogP contribution is -2.15. The minimum Gasteiger partial charge on any atom is -0.494 e. The van der Waals surface area contributed by atoms with E-state index in [4.69, 9.17) is 20.8 Å². The van der Waals surface area contributed by atoms with Gasteiger partial charge < -0.3 is 14.1 Å². The van der Waals surface area contributed by atoms with Crippen molar-refractivity contribution in [1.29, 1.82) is 0 Å². The van der Waals surface area contributed by atoms with Gasteiger partial charge in [-0.15, -0.1) is 34.2 Å². The maximum Gasteiger partial charge on any atom is 0.247 e. The summed E-state index contributed by atoms with van der Waals surface area (Å²) < 4.78 is 11.0. The van der Waals surface area contributed by atoms with Gasteiger partial charge in [-0.3, -0.25) is 0 Å². The second-order valence-corrected chi connectivity index (χ2v) is 4.93. The highest BCUT2D eigenvalue weighted by Gasteiger charge is 2.07. The smallest absolute Gasteiger partial charge is 0.247 e. The maximum absolute atomic E-state index is 5.66. The molecular weight excluding hydrogens is 313 g/mol. The summed E-state index contributed by atoms with van der Waals surface area (Å²) in [6.07, 6.45) is 0.998. The lowest BCUT2D eigenvalue weighted by Gasteiger charge is -2.10. The number of nitrogens with zero attached hydrogens (tertiary/aromatic N) is 3. The molecule has 0 atom stereocenters. The van der Waals surface area contributed by atoms with E-state index in [9.17, 15) is 0 Å². The third kappa shape index (κ3) is 5.53. The zero-order chi connectivity index (χ0) is 14.4. The van der Waals surface area contributed by atoms with E-state index in [0.29, 0.717) is 18.4 Å². The van der Waals surface area contributed by atoms with E-state index in [0.717, 1.165) is 24.3 Å². The molecule has 0 aliphatic carbocycles. The lowest BCUT2D eigenvalue weighted by molar-refractivity contribution is 0.281. The van der Waals surface area contributed by atoms with Crippen molar-refractivity contribution >= 4 is 24.0 Å². The minimum atomic E-state index is 0. The van der Waals surface area contributed by atoms with E-state index in [1.807, 2.05) is 38.4 Å². The van der Waals surface area contributed by atoms with Gasteiger partial charge in [0.15, 0.2) is 0 Å². The number of hydrogen-bond donors (Lipinski definition) is 0. The quantitative estimate of drug-likeness (QED) is 0.576. The first-order chi connectivity index (χ1) is 9.69. The fourth-order valence-corrected chi connectivity index (χ4v) is 1.80. The van der Waals surface area contributed by atoms with Gasteiger partial charge in [-0.05, 0) is 44.8 Å². The van der Waals surface area contributed by atoms with Crippen molar-refractivity contribution in [3.05, 3.63) is 30.2 Å². The predicted octanol–water partition coefficient (Wildman–Crippen LogP) is 3.23. The van der Waals surface area contributed by atoms with Crippen LogP contribution in [0.1, 0.15) is 12.3 Å². The van der Waals surface area contributed by atoms with Crippen LogP contribution >= 0.6 is 24.0 Å². The van der Waals surface area contributed by atoms with Crippen LogP contribution in [0.15, 0.2) is 28.7 Å². The van der Waals surface area contributed by atoms with Crippen LogP contribution in [0.3, 0.4) is 0 Å². The van der Waals surface area contributed by atoms with E-state index in [1.165, 1.54) is 0 Å². The Morgan fingerprint density at radius 3 is 2.48 bits per heavy atom. The summed E-state index contributed by atoms with van der Waals surface area (Å²) in [6.45, 7) is 1.72. The van der Waals surface area contributed by atoms with Crippen LogP contribution in [0.2, 0.25) is 0 Å². The van der Waals surface area contributed by atoms with Gasteiger partial charge in [0.25, 0.3) is 0 Å². The fourth-order valence-electron chi connectivity index (χ4n) is 1.69. The van der Waals surface area contributed by atoms with Gasteiger partial charge >= 0.3 is 0 Å². The van der Waals surface area contributed by atoms with Crippen molar-refractivity contribution in [2.24, 2.45) is 0 Å². The third-order valence-electron chi connectivity index (χ3n) is 2.70. The van der Waals surface area contributed by atoms with Crippen LogP contribution in [0, 0.1) is 0 Å². The van der Waals surface area contributed by atoms with Gasteiger partial charge in [-0.2, -0.15) is 0 Å². The number of alkyl halides is 1. The Balaban J connectivity index is 0.00000220. The summed E-state index contributed by atoms with van der Waals surface area (Å²) >= 11 is 5.63. The number of halogens is 2. The standard InChI is InChI=1S/C14H18ClN3O2.ClH/c1-18(2)8-3-9-19-12-6-4-11(5-7-12)14-17-16-13(10-15)20-14;/h4-7H,3,8-10H2,1-2H3;1H. The van der Waals surface area contributed by atoms with Crippen molar-refractivity contribution in [3.8, 4) is 17.2 Å². The van der Waals surface area contributed by atoms with E-state index >= 15 is 0 Å². The molecule has 0 aliphatic rings. The molecule has 0 radical (unpaired) electrons. The average Bonchev–Trinajstić information content (AvgIpc) is 2.93. The van der Waals surface area contributed by atoms with E-state index < -0.39 is 0 Å². The van der Waals surface area contributed by atoms with Gasteiger partial charge in [-0.25, -0.2) is 0 Å². The Morgan fingerprint density at radius 2 is 1.90 bits per heavy atom. The Morgan fingerprint density at radius 1 is 1.19 bits per heavy atom. The zero-order valence-corrected chi connectivity index (χ0v) is 13.7. The molecule has 0 saturated carbocycles. The Bertz CT molecular complexity index is 529. The number of ether oxygens (including phenoxy) is 1. The van der Waals surface area contributed by atoms with Crippen LogP contribution in [-0.4, -0.2) is 42.3 Å². The number of benzene rings is 1. The number of aromatic nitrogens is 2. The SMILES string of the molecule is CN(C)CCCOc1ccc(-c2nnc(CCl)o2)cc1.Cl. The average molecular weight is 332 g/mol. The van der Waals surface area contributed by atoms with Crippen LogP contribution in [0.5, 0.6) is 5.75 Å². The molecule has 0 fully saturated rings. The first-order valence-electron chi connectivity index (χ1n) is 6.45. The molecule has 0 spiro atoms. The van der Waals surface area contributed by atoms with E-state index in [1.54, 1.807) is 0 Å². The molecule has 0 amide bonds. The van der Waals surface area contributed by atoms with E-state index in [2.05, 4.69) is 15.1 Å². The molecule has 116 valence electrons. The Labute approximate surface area is 135 Å². The molecule has 0 saturated heterocycles. The summed E-state index contributed by atoms with van der Waals surface area (Å²) in [5.41, 5.74) is 0.856. The molecule has 21 heavy (non-hydrogen) atoms. The molecule has 1 heterocycles. The van der Waals surface area contributed by atoms with Gasteiger partial charge in [-0.1, -0.05) is 0 Å². The third-order valence-corrected chi connectivity index (χ3v) is 2.93. The van der Waals surface area contributed by atoms with Crippen molar-refractivity contribution in [2.75, 3.05) is 27.2 Å². The molecule has 2 rings (SSSR count). The molecule has 2 aromatic rings. The van der Waals surface area contributed by atoms with Crippen LogP contribution in [-0.2, 0) is 5.88 Å². The monoisotopic (exact) mass is 331 g/mol.